The highest BCUT2D eigenvalue weighted by molar-refractivity contribution is 5.89. The molecule has 0 saturated carbocycles. The standard InChI is InChI=1S/C26H31N5O/c1-4-24-23(18-21-8-6-5-7-9-21)25(28-20(3)27-24)30-14-16-31(17-15-30)26(32)29-22-12-10-19(2)11-13-22/h5-13H,4,14-18H2,1-3H3,(H,29,32). The van der Waals surface area contributed by atoms with E-state index in [1.165, 1.54) is 16.7 Å². The molecule has 1 aromatic heterocycles. The van der Waals surface area contributed by atoms with Crippen molar-refractivity contribution in [2.24, 2.45) is 0 Å². The molecule has 0 radical (unpaired) electrons. The molecular weight excluding hydrogens is 398 g/mol. The molecule has 4 rings (SSSR count). The van der Waals surface area contributed by atoms with Gasteiger partial charge >= 0.3 is 6.03 Å². The SMILES string of the molecule is CCc1nc(C)nc(N2CCN(C(=O)Nc3ccc(C)cc3)CC2)c1Cc1ccccc1. The van der Waals surface area contributed by atoms with E-state index in [9.17, 15) is 4.79 Å². The summed E-state index contributed by atoms with van der Waals surface area (Å²) in [5.74, 6) is 1.81. The summed E-state index contributed by atoms with van der Waals surface area (Å²) in [5, 5.41) is 3.01. The lowest BCUT2D eigenvalue weighted by Crippen LogP contribution is -2.50. The smallest absolute Gasteiger partial charge is 0.321 e. The van der Waals surface area contributed by atoms with Crippen molar-refractivity contribution >= 4 is 17.5 Å². The number of urea groups is 1. The Morgan fingerprint density at radius 3 is 2.28 bits per heavy atom. The predicted molar refractivity (Wildman–Crippen MR) is 129 cm³/mol. The first-order chi connectivity index (χ1) is 15.5. The van der Waals surface area contributed by atoms with Gasteiger partial charge < -0.3 is 15.1 Å². The van der Waals surface area contributed by atoms with Crippen LogP contribution in [0, 0.1) is 13.8 Å². The molecule has 0 atom stereocenters. The summed E-state index contributed by atoms with van der Waals surface area (Å²) in [6, 6.07) is 18.3. The van der Waals surface area contributed by atoms with Gasteiger partial charge in [0.1, 0.15) is 11.6 Å². The molecule has 6 nitrogen and oxygen atoms in total. The minimum Gasteiger partial charge on any atom is -0.353 e. The van der Waals surface area contributed by atoms with E-state index in [1.54, 1.807) is 0 Å². The Bertz CT molecular complexity index is 1060. The third-order valence-electron chi connectivity index (χ3n) is 5.91. The zero-order valence-electron chi connectivity index (χ0n) is 19.1. The number of nitrogens with one attached hydrogen (secondary N) is 1. The molecule has 2 aromatic carbocycles. The van der Waals surface area contributed by atoms with E-state index in [1.807, 2.05) is 49.1 Å². The maximum atomic E-state index is 12.7. The van der Waals surface area contributed by atoms with E-state index in [2.05, 4.69) is 41.4 Å². The van der Waals surface area contributed by atoms with Crippen molar-refractivity contribution in [3.63, 3.8) is 0 Å². The number of aromatic nitrogens is 2. The van der Waals surface area contributed by atoms with Crippen LogP contribution in [0.4, 0.5) is 16.3 Å². The van der Waals surface area contributed by atoms with Gasteiger partial charge in [-0.05, 0) is 38.0 Å². The molecule has 0 aliphatic carbocycles. The van der Waals surface area contributed by atoms with E-state index in [0.29, 0.717) is 13.1 Å². The molecule has 1 saturated heterocycles. The Morgan fingerprint density at radius 1 is 0.938 bits per heavy atom. The van der Waals surface area contributed by atoms with Gasteiger partial charge in [-0.2, -0.15) is 0 Å². The molecule has 1 aliphatic heterocycles. The van der Waals surface area contributed by atoms with Crippen LogP contribution in [0.15, 0.2) is 54.6 Å². The fraction of sp³-hybridized carbons (Fsp3) is 0.346. The van der Waals surface area contributed by atoms with Gasteiger partial charge in [0.15, 0.2) is 0 Å². The summed E-state index contributed by atoms with van der Waals surface area (Å²) in [4.78, 5) is 26.5. The van der Waals surface area contributed by atoms with Gasteiger partial charge in [0.05, 0.1) is 0 Å². The Labute approximate surface area is 190 Å². The third-order valence-corrected chi connectivity index (χ3v) is 5.91. The summed E-state index contributed by atoms with van der Waals surface area (Å²) in [6.07, 6.45) is 1.69. The van der Waals surface area contributed by atoms with Crippen molar-refractivity contribution in [1.29, 1.82) is 0 Å². The second-order valence-electron chi connectivity index (χ2n) is 8.31. The summed E-state index contributed by atoms with van der Waals surface area (Å²) >= 11 is 0. The monoisotopic (exact) mass is 429 g/mol. The van der Waals surface area contributed by atoms with Gasteiger partial charge in [-0.25, -0.2) is 14.8 Å². The van der Waals surface area contributed by atoms with Gasteiger partial charge in [-0.3, -0.25) is 0 Å². The summed E-state index contributed by atoms with van der Waals surface area (Å²) < 4.78 is 0. The molecule has 166 valence electrons. The van der Waals surface area contributed by atoms with Crippen LogP contribution in [-0.4, -0.2) is 47.1 Å². The van der Waals surface area contributed by atoms with E-state index < -0.39 is 0 Å². The fourth-order valence-electron chi connectivity index (χ4n) is 4.13. The first-order valence-electron chi connectivity index (χ1n) is 11.3. The number of nitrogens with zero attached hydrogens (tertiary/aromatic N) is 4. The highest BCUT2D eigenvalue weighted by Gasteiger charge is 2.25. The quantitative estimate of drug-likeness (QED) is 0.644. The van der Waals surface area contributed by atoms with Crippen LogP contribution in [-0.2, 0) is 12.8 Å². The minimum absolute atomic E-state index is 0.0499. The summed E-state index contributed by atoms with van der Waals surface area (Å²) in [5.41, 5.74) is 5.56. The van der Waals surface area contributed by atoms with Crippen LogP contribution in [0.5, 0.6) is 0 Å². The normalized spacial score (nSPS) is 13.8. The number of piperazine rings is 1. The molecular formula is C26H31N5O. The lowest BCUT2D eigenvalue weighted by molar-refractivity contribution is 0.208. The minimum atomic E-state index is -0.0499. The van der Waals surface area contributed by atoms with Crippen molar-refractivity contribution in [3.8, 4) is 0 Å². The number of rotatable bonds is 5. The summed E-state index contributed by atoms with van der Waals surface area (Å²) in [7, 11) is 0. The Kier molecular flexibility index (Phi) is 6.69. The zero-order valence-corrected chi connectivity index (χ0v) is 19.1. The molecule has 1 N–H and O–H groups in total. The highest BCUT2D eigenvalue weighted by Crippen LogP contribution is 2.26. The number of anilines is 2. The number of amides is 2. The maximum Gasteiger partial charge on any atom is 0.321 e. The van der Waals surface area contributed by atoms with Crippen LogP contribution in [0.1, 0.15) is 35.1 Å². The predicted octanol–water partition coefficient (Wildman–Crippen LogP) is 4.60. The molecule has 0 unspecified atom stereocenters. The van der Waals surface area contributed by atoms with E-state index in [4.69, 9.17) is 9.97 Å². The number of aryl methyl sites for hydroxylation is 3. The number of carbonyl (C=O) groups excluding carboxylic acids is 1. The second-order valence-corrected chi connectivity index (χ2v) is 8.31. The molecule has 6 heteroatoms. The molecule has 1 aliphatic rings. The topological polar surface area (TPSA) is 61.4 Å². The first-order valence-corrected chi connectivity index (χ1v) is 11.3. The molecule has 2 amide bonds. The van der Waals surface area contributed by atoms with Crippen molar-refractivity contribution in [3.05, 3.63) is 82.8 Å². The van der Waals surface area contributed by atoms with Crippen molar-refractivity contribution in [2.45, 2.75) is 33.6 Å². The molecule has 1 fully saturated rings. The summed E-state index contributed by atoms with van der Waals surface area (Å²) in [6.45, 7) is 8.97. The Hall–Kier alpha value is -3.41. The average Bonchev–Trinajstić information content (AvgIpc) is 2.82. The van der Waals surface area contributed by atoms with Gasteiger partial charge in [0, 0.05) is 49.5 Å². The van der Waals surface area contributed by atoms with Crippen molar-refractivity contribution in [1.82, 2.24) is 14.9 Å². The Balaban J connectivity index is 1.48. The van der Waals surface area contributed by atoms with Crippen LogP contribution < -0.4 is 10.2 Å². The fourth-order valence-corrected chi connectivity index (χ4v) is 4.13. The van der Waals surface area contributed by atoms with Crippen LogP contribution >= 0.6 is 0 Å². The van der Waals surface area contributed by atoms with Gasteiger partial charge in [0.2, 0.25) is 0 Å². The molecule has 3 aromatic rings. The average molecular weight is 430 g/mol. The molecule has 0 spiro atoms. The van der Waals surface area contributed by atoms with Gasteiger partial charge in [0.25, 0.3) is 0 Å². The second kappa shape index (κ2) is 9.81. The van der Waals surface area contributed by atoms with E-state index >= 15 is 0 Å². The molecule has 2 heterocycles. The highest BCUT2D eigenvalue weighted by atomic mass is 16.2. The zero-order chi connectivity index (χ0) is 22.5. The first kappa shape index (κ1) is 21.8. The lowest BCUT2D eigenvalue weighted by atomic mass is 10.0. The number of benzene rings is 2. The lowest BCUT2D eigenvalue weighted by Gasteiger charge is -2.36. The van der Waals surface area contributed by atoms with Crippen molar-refractivity contribution in [2.75, 3.05) is 36.4 Å². The molecule has 0 bridgehead atoms. The van der Waals surface area contributed by atoms with E-state index in [-0.39, 0.29) is 6.03 Å². The van der Waals surface area contributed by atoms with Gasteiger partial charge in [-0.1, -0.05) is 55.0 Å². The van der Waals surface area contributed by atoms with Crippen molar-refractivity contribution < 1.29 is 4.79 Å². The van der Waals surface area contributed by atoms with Crippen LogP contribution in [0.25, 0.3) is 0 Å². The number of hydrogen-bond donors (Lipinski definition) is 1. The van der Waals surface area contributed by atoms with Crippen LogP contribution in [0.3, 0.4) is 0 Å². The number of hydrogen-bond acceptors (Lipinski definition) is 4. The maximum absolute atomic E-state index is 12.7. The Morgan fingerprint density at radius 2 is 1.62 bits per heavy atom. The van der Waals surface area contributed by atoms with E-state index in [0.717, 1.165) is 49.0 Å². The van der Waals surface area contributed by atoms with Crippen LogP contribution in [0.2, 0.25) is 0 Å². The number of carbonyl (C=O) groups is 1. The molecule has 32 heavy (non-hydrogen) atoms. The largest absolute Gasteiger partial charge is 0.353 e. The third kappa shape index (κ3) is 5.07. The van der Waals surface area contributed by atoms with Gasteiger partial charge in [-0.15, -0.1) is 0 Å².